The Morgan fingerprint density at radius 1 is 1.06 bits per heavy atom. The number of carboxylic acids is 1. The van der Waals surface area contributed by atoms with Crippen molar-refractivity contribution >= 4 is 45.8 Å². The molecule has 0 saturated heterocycles. The van der Waals surface area contributed by atoms with Gasteiger partial charge in [0.1, 0.15) is 16.6 Å². The van der Waals surface area contributed by atoms with Crippen LogP contribution in [0, 0.1) is 12.3 Å². The SMILES string of the molecule is Cc1ccc(C2=NN3C(=N)/C(=C\c4ccc(-c5ccc(C(=O)O)cc5)o4)C(=O)N=C3S2)cc1. The minimum atomic E-state index is -1.01. The molecule has 33 heavy (non-hydrogen) atoms. The smallest absolute Gasteiger partial charge is 0.335 e. The zero-order chi connectivity index (χ0) is 23.1. The fraction of sp³-hybridized carbons (Fsp3) is 0.0417. The molecule has 0 aliphatic carbocycles. The van der Waals surface area contributed by atoms with Crippen molar-refractivity contribution in [2.75, 3.05) is 0 Å². The molecule has 0 atom stereocenters. The lowest BCUT2D eigenvalue weighted by atomic mass is 10.1. The summed E-state index contributed by atoms with van der Waals surface area (Å²) >= 11 is 1.25. The fourth-order valence-electron chi connectivity index (χ4n) is 3.31. The van der Waals surface area contributed by atoms with E-state index in [1.165, 1.54) is 35.0 Å². The number of hydrazone groups is 1. The fourth-order valence-corrected chi connectivity index (χ4v) is 4.21. The highest BCUT2D eigenvalue weighted by Crippen LogP contribution is 2.31. The highest BCUT2D eigenvalue weighted by Gasteiger charge is 2.36. The van der Waals surface area contributed by atoms with Crippen LogP contribution in [0.2, 0.25) is 0 Å². The summed E-state index contributed by atoms with van der Waals surface area (Å²) in [5.41, 5.74) is 2.95. The number of nitrogens with one attached hydrogen (secondary N) is 1. The minimum Gasteiger partial charge on any atom is -0.478 e. The maximum absolute atomic E-state index is 12.6. The number of carbonyl (C=O) groups is 2. The maximum Gasteiger partial charge on any atom is 0.335 e. The number of amides is 1. The molecule has 1 amide bonds. The van der Waals surface area contributed by atoms with Gasteiger partial charge in [-0.3, -0.25) is 10.2 Å². The van der Waals surface area contributed by atoms with Crippen molar-refractivity contribution in [3.63, 3.8) is 0 Å². The first-order chi connectivity index (χ1) is 15.9. The van der Waals surface area contributed by atoms with Crippen molar-refractivity contribution in [2.45, 2.75) is 6.92 Å². The summed E-state index contributed by atoms with van der Waals surface area (Å²) in [5.74, 6) is -0.747. The van der Waals surface area contributed by atoms with E-state index >= 15 is 0 Å². The predicted molar refractivity (Wildman–Crippen MR) is 126 cm³/mol. The second-order valence-electron chi connectivity index (χ2n) is 7.38. The van der Waals surface area contributed by atoms with Gasteiger partial charge < -0.3 is 9.52 Å². The summed E-state index contributed by atoms with van der Waals surface area (Å²) in [6, 6.07) is 17.5. The van der Waals surface area contributed by atoms with Crippen molar-refractivity contribution < 1.29 is 19.1 Å². The number of hydrogen-bond donors (Lipinski definition) is 2. The van der Waals surface area contributed by atoms with Crippen LogP contribution in [0.3, 0.4) is 0 Å². The van der Waals surface area contributed by atoms with E-state index in [1.54, 1.807) is 24.3 Å². The van der Waals surface area contributed by atoms with E-state index in [-0.39, 0.29) is 17.0 Å². The van der Waals surface area contributed by atoms with E-state index in [4.69, 9.17) is 14.9 Å². The first kappa shape index (κ1) is 20.7. The van der Waals surface area contributed by atoms with Crippen LogP contribution in [-0.2, 0) is 4.79 Å². The second-order valence-corrected chi connectivity index (χ2v) is 8.33. The Labute approximate surface area is 192 Å². The van der Waals surface area contributed by atoms with Crippen LogP contribution >= 0.6 is 11.8 Å². The average molecular weight is 456 g/mol. The van der Waals surface area contributed by atoms with E-state index in [0.717, 1.165) is 11.1 Å². The lowest BCUT2D eigenvalue weighted by molar-refractivity contribution is -0.114. The summed E-state index contributed by atoms with van der Waals surface area (Å²) < 4.78 is 5.80. The molecular weight excluding hydrogens is 440 g/mol. The van der Waals surface area contributed by atoms with Crippen LogP contribution in [0.1, 0.15) is 27.2 Å². The van der Waals surface area contributed by atoms with Crippen molar-refractivity contribution in [3.8, 4) is 11.3 Å². The summed E-state index contributed by atoms with van der Waals surface area (Å²) in [6.07, 6.45) is 1.46. The Bertz CT molecular complexity index is 1400. The van der Waals surface area contributed by atoms with Crippen molar-refractivity contribution in [1.29, 1.82) is 5.41 Å². The number of thioether (sulfide) groups is 1. The van der Waals surface area contributed by atoms with Crippen LogP contribution in [0.15, 0.2) is 80.7 Å². The lowest BCUT2D eigenvalue weighted by Crippen LogP contribution is -2.35. The Hall–Kier alpha value is -4.24. The number of hydrogen-bond acceptors (Lipinski definition) is 6. The van der Waals surface area contributed by atoms with Gasteiger partial charge in [0.05, 0.1) is 11.1 Å². The number of amidine groups is 2. The molecule has 2 aromatic carbocycles. The number of fused-ring (bicyclic) bond motifs is 1. The number of carboxylic acid groups (broad SMARTS) is 1. The number of carbonyl (C=O) groups excluding carboxylic acids is 1. The Morgan fingerprint density at radius 2 is 1.76 bits per heavy atom. The van der Waals surface area contributed by atoms with Gasteiger partial charge in [-0.2, -0.15) is 15.1 Å². The molecule has 0 unspecified atom stereocenters. The molecule has 0 spiro atoms. The number of nitrogens with zero attached hydrogens (tertiary/aromatic N) is 3. The molecule has 0 bridgehead atoms. The monoisotopic (exact) mass is 456 g/mol. The number of aliphatic imine (C=N–C) groups is 1. The molecule has 162 valence electrons. The van der Waals surface area contributed by atoms with Gasteiger partial charge >= 0.3 is 5.97 Å². The quantitative estimate of drug-likeness (QED) is 0.553. The van der Waals surface area contributed by atoms with Crippen LogP contribution in [0.5, 0.6) is 0 Å². The highest BCUT2D eigenvalue weighted by molar-refractivity contribution is 8.27. The molecule has 1 aromatic heterocycles. The van der Waals surface area contributed by atoms with Gasteiger partial charge in [-0.1, -0.05) is 42.0 Å². The lowest BCUT2D eigenvalue weighted by Gasteiger charge is -2.19. The molecule has 5 rings (SSSR count). The summed E-state index contributed by atoms with van der Waals surface area (Å²) in [5, 5.41) is 24.4. The van der Waals surface area contributed by atoms with Crippen LogP contribution in [-0.4, -0.2) is 38.0 Å². The molecule has 2 N–H and O–H groups in total. The van der Waals surface area contributed by atoms with Gasteiger partial charge in [-0.15, -0.1) is 0 Å². The number of furan rings is 1. The number of rotatable bonds is 4. The van der Waals surface area contributed by atoms with Crippen molar-refractivity contribution in [1.82, 2.24) is 5.01 Å². The number of aryl methyl sites for hydroxylation is 1. The second kappa shape index (κ2) is 8.03. The van der Waals surface area contributed by atoms with Gasteiger partial charge in [-0.25, -0.2) is 4.79 Å². The predicted octanol–water partition coefficient (Wildman–Crippen LogP) is 4.62. The van der Waals surface area contributed by atoms with E-state index < -0.39 is 11.9 Å². The first-order valence-electron chi connectivity index (χ1n) is 9.90. The Kier molecular flexibility index (Phi) is 5.02. The maximum atomic E-state index is 12.6. The Morgan fingerprint density at radius 3 is 2.45 bits per heavy atom. The van der Waals surface area contributed by atoms with Crippen molar-refractivity contribution in [3.05, 3.63) is 88.7 Å². The largest absolute Gasteiger partial charge is 0.478 e. The minimum absolute atomic E-state index is 0.0652. The molecular formula is C24H16N4O4S. The molecule has 0 fully saturated rings. The third kappa shape index (κ3) is 3.90. The third-order valence-electron chi connectivity index (χ3n) is 5.08. The summed E-state index contributed by atoms with van der Waals surface area (Å²) in [7, 11) is 0. The van der Waals surface area contributed by atoms with Crippen LogP contribution in [0.4, 0.5) is 0 Å². The van der Waals surface area contributed by atoms with E-state index in [0.29, 0.717) is 27.3 Å². The van der Waals surface area contributed by atoms with Gasteiger partial charge in [0, 0.05) is 11.1 Å². The summed E-state index contributed by atoms with van der Waals surface area (Å²) in [4.78, 5) is 27.8. The highest BCUT2D eigenvalue weighted by atomic mass is 32.2. The van der Waals surface area contributed by atoms with Gasteiger partial charge in [0.15, 0.2) is 5.84 Å². The first-order valence-corrected chi connectivity index (χ1v) is 10.7. The average Bonchev–Trinajstić information content (AvgIpc) is 3.45. The zero-order valence-corrected chi connectivity index (χ0v) is 18.1. The molecule has 9 heteroatoms. The van der Waals surface area contributed by atoms with Gasteiger partial charge in [0.25, 0.3) is 5.91 Å². The molecule has 0 radical (unpaired) electrons. The normalized spacial score (nSPS) is 16.6. The third-order valence-corrected chi connectivity index (χ3v) is 6.04. The van der Waals surface area contributed by atoms with Gasteiger partial charge in [0.2, 0.25) is 5.17 Å². The number of benzene rings is 2. The molecule has 8 nitrogen and oxygen atoms in total. The summed E-state index contributed by atoms with van der Waals surface area (Å²) in [6.45, 7) is 2.00. The number of aromatic carboxylic acids is 1. The topological polar surface area (TPSA) is 119 Å². The zero-order valence-electron chi connectivity index (χ0n) is 17.3. The van der Waals surface area contributed by atoms with Gasteiger partial charge in [-0.05, 0) is 49.0 Å². The van der Waals surface area contributed by atoms with E-state index in [1.807, 2.05) is 31.2 Å². The van der Waals surface area contributed by atoms with E-state index in [2.05, 4.69) is 10.1 Å². The van der Waals surface area contributed by atoms with Crippen LogP contribution < -0.4 is 0 Å². The molecule has 2 aliphatic rings. The van der Waals surface area contributed by atoms with E-state index in [9.17, 15) is 9.59 Å². The van der Waals surface area contributed by atoms with Crippen molar-refractivity contribution in [2.24, 2.45) is 10.1 Å². The molecule has 3 aromatic rings. The molecule has 0 saturated carbocycles. The molecule has 3 heterocycles. The van der Waals surface area contributed by atoms with Crippen LogP contribution in [0.25, 0.3) is 17.4 Å². The Balaban J connectivity index is 1.41. The standard InChI is InChI=1S/C24H16N4O4S/c1-13-2-4-15(5-3-13)22-27-28-20(25)18(21(29)26-24(28)33-22)12-17-10-11-19(32-17)14-6-8-16(9-7-14)23(30)31/h2-12,25H,1H3,(H,30,31)/b18-12+,25-20?. The molecule has 2 aliphatic heterocycles.